The lowest BCUT2D eigenvalue weighted by molar-refractivity contribution is 0.635. The van der Waals surface area contributed by atoms with E-state index in [4.69, 9.17) is 5.73 Å². The number of anilines is 3. The van der Waals surface area contributed by atoms with Crippen LogP contribution in [0.25, 0.3) is 0 Å². The van der Waals surface area contributed by atoms with E-state index in [0.717, 1.165) is 43.4 Å². The highest BCUT2D eigenvalue weighted by molar-refractivity contribution is 8.00. The number of nitrogen functional groups attached to an aromatic ring is 1. The maximum atomic E-state index is 5.79. The molecule has 0 amide bonds. The summed E-state index contributed by atoms with van der Waals surface area (Å²) in [7, 11) is 0. The minimum absolute atomic E-state index is 0.338. The van der Waals surface area contributed by atoms with Gasteiger partial charge in [-0.1, -0.05) is 13.8 Å². The fourth-order valence-corrected chi connectivity index (χ4v) is 3.24. The van der Waals surface area contributed by atoms with E-state index in [2.05, 4.69) is 34.0 Å². The number of aromatic nitrogens is 2. The Morgan fingerprint density at radius 2 is 2.21 bits per heavy atom. The molecule has 0 aromatic carbocycles. The summed E-state index contributed by atoms with van der Waals surface area (Å²) in [6.45, 7) is 9.51. The van der Waals surface area contributed by atoms with E-state index in [1.165, 1.54) is 0 Å². The Morgan fingerprint density at radius 3 is 2.95 bits per heavy atom. The number of hydrogen-bond donors (Lipinski definition) is 2. The van der Waals surface area contributed by atoms with Crippen molar-refractivity contribution in [2.75, 3.05) is 41.3 Å². The predicted octanol–water partition coefficient (Wildman–Crippen LogP) is 2.21. The van der Waals surface area contributed by atoms with Gasteiger partial charge in [0.05, 0.1) is 0 Å². The molecule has 1 aliphatic rings. The first-order valence-corrected chi connectivity index (χ1v) is 7.76. The molecule has 1 saturated heterocycles. The number of nitrogens with two attached hydrogens (primary N) is 1. The molecular weight excluding hydrogens is 258 g/mol. The van der Waals surface area contributed by atoms with E-state index in [0.29, 0.717) is 10.7 Å². The summed E-state index contributed by atoms with van der Waals surface area (Å²) in [6.07, 6.45) is 1.15. The largest absolute Gasteiger partial charge is 0.370 e. The molecule has 1 aliphatic heterocycles. The first-order chi connectivity index (χ1) is 9.00. The highest BCUT2D eigenvalue weighted by Gasteiger charge is 2.24. The van der Waals surface area contributed by atoms with Crippen molar-refractivity contribution in [3.05, 3.63) is 6.07 Å². The third-order valence-corrected chi connectivity index (χ3v) is 4.62. The zero-order chi connectivity index (χ0) is 13.9. The molecule has 0 aliphatic carbocycles. The van der Waals surface area contributed by atoms with Crippen LogP contribution >= 0.6 is 11.8 Å². The van der Waals surface area contributed by atoms with Crippen molar-refractivity contribution in [2.24, 2.45) is 0 Å². The van der Waals surface area contributed by atoms with Crippen LogP contribution in [-0.4, -0.2) is 40.1 Å². The summed E-state index contributed by atoms with van der Waals surface area (Å²) < 4.78 is 0.345. The average molecular weight is 281 g/mol. The Labute approximate surface area is 119 Å². The number of rotatable bonds is 3. The monoisotopic (exact) mass is 281 g/mol. The van der Waals surface area contributed by atoms with Crippen LogP contribution in [0.2, 0.25) is 0 Å². The van der Waals surface area contributed by atoms with Gasteiger partial charge in [0.25, 0.3) is 0 Å². The lowest BCUT2D eigenvalue weighted by Crippen LogP contribution is -2.28. The van der Waals surface area contributed by atoms with Crippen LogP contribution in [0, 0.1) is 0 Å². The number of nitrogens with one attached hydrogen (secondary N) is 1. The molecule has 5 nitrogen and oxygen atoms in total. The van der Waals surface area contributed by atoms with E-state index < -0.39 is 0 Å². The van der Waals surface area contributed by atoms with Gasteiger partial charge in [0.15, 0.2) is 0 Å². The van der Waals surface area contributed by atoms with E-state index in [9.17, 15) is 0 Å². The fourth-order valence-electron chi connectivity index (χ4n) is 2.14. The normalized spacial score (nSPS) is 19.0. The lowest BCUT2D eigenvalue weighted by Gasteiger charge is -2.23. The molecule has 1 aromatic heterocycles. The van der Waals surface area contributed by atoms with E-state index >= 15 is 0 Å². The lowest BCUT2D eigenvalue weighted by atomic mass is 10.1. The summed E-state index contributed by atoms with van der Waals surface area (Å²) in [5, 5.41) is 3.20. The molecule has 3 N–H and O–H groups in total. The van der Waals surface area contributed by atoms with E-state index in [1.807, 2.05) is 24.8 Å². The maximum absolute atomic E-state index is 5.79. The second-order valence-electron chi connectivity index (χ2n) is 5.35. The zero-order valence-corrected chi connectivity index (χ0v) is 12.8. The second kappa shape index (κ2) is 5.86. The fraction of sp³-hybridized carbons (Fsp3) is 0.692. The molecule has 19 heavy (non-hydrogen) atoms. The molecule has 0 bridgehead atoms. The minimum atomic E-state index is 0.338. The van der Waals surface area contributed by atoms with Crippen molar-refractivity contribution in [3.8, 4) is 0 Å². The predicted molar refractivity (Wildman–Crippen MR) is 84.0 cm³/mol. The number of nitrogens with zero attached hydrogens (tertiary/aromatic N) is 3. The average Bonchev–Trinajstić information content (AvgIpc) is 2.50. The van der Waals surface area contributed by atoms with Gasteiger partial charge in [0.2, 0.25) is 5.95 Å². The number of thioether (sulfide) groups is 1. The highest BCUT2D eigenvalue weighted by Crippen LogP contribution is 2.32. The van der Waals surface area contributed by atoms with Gasteiger partial charge in [-0.25, -0.2) is 0 Å². The molecule has 2 heterocycles. The Morgan fingerprint density at radius 1 is 1.42 bits per heavy atom. The molecule has 2 rings (SSSR count). The van der Waals surface area contributed by atoms with Gasteiger partial charge in [-0.2, -0.15) is 21.7 Å². The van der Waals surface area contributed by atoms with E-state index in [-0.39, 0.29) is 0 Å². The summed E-state index contributed by atoms with van der Waals surface area (Å²) in [6, 6.07) is 1.99. The molecule has 0 atom stereocenters. The minimum Gasteiger partial charge on any atom is -0.370 e. The van der Waals surface area contributed by atoms with E-state index in [1.54, 1.807) is 0 Å². The quantitative estimate of drug-likeness (QED) is 0.885. The van der Waals surface area contributed by atoms with Crippen LogP contribution in [0.15, 0.2) is 6.07 Å². The molecule has 0 spiro atoms. The van der Waals surface area contributed by atoms with Gasteiger partial charge in [0, 0.05) is 36.2 Å². The van der Waals surface area contributed by atoms with Crippen molar-refractivity contribution >= 4 is 29.3 Å². The molecular formula is C13H23N5S. The Kier molecular flexibility index (Phi) is 4.39. The molecule has 106 valence electrons. The molecule has 1 aromatic rings. The first-order valence-electron chi connectivity index (χ1n) is 6.77. The molecule has 6 heteroatoms. The zero-order valence-electron chi connectivity index (χ0n) is 11.9. The third-order valence-electron chi connectivity index (χ3n) is 3.25. The Hall–Kier alpha value is -1.17. The van der Waals surface area contributed by atoms with Crippen molar-refractivity contribution in [1.82, 2.24) is 9.97 Å². The van der Waals surface area contributed by atoms with Crippen LogP contribution in [0.4, 0.5) is 17.6 Å². The van der Waals surface area contributed by atoms with Crippen molar-refractivity contribution < 1.29 is 0 Å². The van der Waals surface area contributed by atoms with Crippen LogP contribution in [0.1, 0.15) is 27.2 Å². The van der Waals surface area contributed by atoms with Crippen LogP contribution < -0.4 is 16.0 Å². The van der Waals surface area contributed by atoms with Crippen LogP contribution in [0.5, 0.6) is 0 Å². The summed E-state index contributed by atoms with van der Waals surface area (Å²) in [4.78, 5) is 10.9. The molecule has 1 fully saturated rings. The standard InChI is InChI=1S/C13H23N5S/c1-4-15-10-9-11(17-12(14)16-10)18-6-5-13(2,3)19-8-7-18/h9H,4-8H2,1-3H3,(H3,14,15,16,17). The second-order valence-corrected chi connectivity index (χ2v) is 7.15. The number of hydrogen-bond acceptors (Lipinski definition) is 6. The third kappa shape index (κ3) is 3.89. The highest BCUT2D eigenvalue weighted by atomic mass is 32.2. The molecule has 0 radical (unpaired) electrons. The van der Waals surface area contributed by atoms with Crippen LogP contribution in [0.3, 0.4) is 0 Å². The van der Waals surface area contributed by atoms with Crippen molar-refractivity contribution in [3.63, 3.8) is 0 Å². The van der Waals surface area contributed by atoms with Gasteiger partial charge in [-0.05, 0) is 13.3 Å². The van der Waals surface area contributed by atoms with Crippen molar-refractivity contribution in [1.29, 1.82) is 0 Å². The van der Waals surface area contributed by atoms with Gasteiger partial charge >= 0.3 is 0 Å². The SMILES string of the molecule is CCNc1cc(N2CCSC(C)(C)CC2)nc(N)n1. The van der Waals surface area contributed by atoms with Gasteiger partial charge in [-0.15, -0.1) is 0 Å². The first kappa shape index (κ1) is 14.2. The Bertz CT molecular complexity index is 435. The van der Waals surface area contributed by atoms with Crippen molar-refractivity contribution in [2.45, 2.75) is 31.9 Å². The Balaban J connectivity index is 2.16. The summed E-state index contributed by atoms with van der Waals surface area (Å²) in [5.41, 5.74) is 5.79. The smallest absolute Gasteiger partial charge is 0.223 e. The molecule has 0 unspecified atom stereocenters. The van der Waals surface area contributed by atoms with Gasteiger partial charge in [-0.3, -0.25) is 0 Å². The van der Waals surface area contributed by atoms with Crippen LogP contribution in [-0.2, 0) is 0 Å². The maximum Gasteiger partial charge on any atom is 0.223 e. The van der Waals surface area contributed by atoms with Gasteiger partial charge < -0.3 is 16.0 Å². The topological polar surface area (TPSA) is 67.1 Å². The van der Waals surface area contributed by atoms with Gasteiger partial charge in [0.1, 0.15) is 11.6 Å². The summed E-state index contributed by atoms with van der Waals surface area (Å²) >= 11 is 2.03. The summed E-state index contributed by atoms with van der Waals surface area (Å²) in [5.74, 6) is 3.19. The molecule has 0 saturated carbocycles.